The molecular formula is C17H19N5O3. The lowest BCUT2D eigenvalue weighted by atomic mass is 10.2. The van der Waals surface area contributed by atoms with E-state index in [4.69, 9.17) is 9.26 Å². The number of nitrogens with one attached hydrogen (secondary N) is 1. The van der Waals surface area contributed by atoms with Crippen molar-refractivity contribution in [2.45, 2.75) is 25.9 Å². The maximum Gasteiger partial charge on any atom is 0.249 e. The fraction of sp³-hybridized carbons (Fsp3) is 0.294. The molecule has 0 saturated heterocycles. The molecule has 1 aromatic carbocycles. The first kappa shape index (κ1) is 16.7. The molecule has 0 unspecified atom stereocenters. The van der Waals surface area contributed by atoms with Gasteiger partial charge in [0.15, 0.2) is 0 Å². The van der Waals surface area contributed by atoms with E-state index < -0.39 is 12.1 Å². The minimum Gasteiger partial charge on any atom is -0.497 e. The van der Waals surface area contributed by atoms with Crippen LogP contribution in [-0.2, 0) is 4.79 Å². The molecule has 0 fully saturated rings. The minimum atomic E-state index is -0.432. The van der Waals surface area contributed by atoms with E-state index in [1.54, 1.807) is 44.1 Å². The van der Waals surface area contributed by atoms with Crippen LogP contribution >= 0.6 is 0 Å². The van der Waals surface area contributed by atoms with E-state index >= 15 is 0 Å². The van der Waals surface area contributed by atoms with Crippen molar-refractivity contribution in [3.05, 3.63) is 48.6 Å². The van der Waals surface area contributed by atoms with Gasteiger partial charge in [0.2, 0.25) is 17.6 Å². The van der Waals surface area contributed by atoms with Crippen molar-refractivity contribution in [1.29, 1.82) is 0 Å². The SMILES string of the molecule is COc1cccc(-c2noc([C@H](C)NC(=O)[C@H](C)n3cccn3)n2)c1. The zero-order valence-corrected chi connectivity index (χ0v) is 14.2. The number of carbonyl (C=O) groups is 1. The molecule has 2 atom stereocenters. The Bertz CT molecular complexity index is 844. The topological polar surface area (TPSA) is 95.1 Å². The van der Waals surface area contributed by atoms with E-state index in [1.165, 1.54) is 0 Å². The zero-order chi connectivity index (χ0) is 17.8. The highest BCUT2D eigenvalue weighted by Gasteiger charge is 2.21. The van der Waals surface area contributed by atoms with Gasteiger partial charge in [-0.05, 0) is 32.0 Å². The molecule has 2 heterocycles. The minimum absolute atomic E-state index is 0.183. The highest BCUT2D eigenvalue weighted by molar-refractivity contribution is 5.80. The molecule has 0 aliphatic heterocycles. The van der Waals surface area contributed by atoms with Gasteiger partial charge in [0.25, 0.3) is 0 Å². The van der Waals surface area contributed by atoms with Crippen molar-refractivity contribution in [1.82, 2.24) is 25.2 Å². The average Bonchev–Trinajstić information content (AvgIpc) is 3.32. The Balaban J connectivity index is 1.70. The molecule has 1 N–H and O–H groups in total. The number of rotatable bonds is 6. The highest BCUT2D eigenvalue weighted by atomic mass is 16.5. The van der Waals surface area contributed by atoms with Crippen molar-refractivity contribution in [3.8, 4) is 17.1 Å². The Kier molecular flexibility index (Phi) is 4.78. The molecule has 25 heavy (non-hydrogen) atoms. The highest BCUT2D eigenvalue weighted by Crippen LogP contribution is 2.22. The van der Waals surface area contributed by atoms with Crippen molar-refractivity contribution in [3.63, 3.8) is 0 Å². The lowest BCUT2D eigenvalue weighted by Crippen LogP contribution is -2.33. The zero-order valence-electron chi connectivity index (χ0n) is 14.2. The van der Waals surface area contributed by atoms with E-state index in [-0.39, 0.29) is 5.91 Å². The van der Waals surface area contributed by atoms with E-state index in [1.807, 2.05) is 24.3 Å². The first-order valence-corrected chi connectivity index (χ1v) is 7.86. The van der Waals surface area contributed by atoms with Crippen LogP contribution in [0.4, 0.5) is 0 Å². The Labute approximate surface area is 144 Å². The largest absolute Gasteiger partial charge is 0.497 e. The van der Waals surface area contributed by atoms with Gasteiger partial charge in [0.05, 0.1) is 7.11 Å². The predicted molar refractivity (Wildman–Crippen MR) is 89.8 cm³/mol. The molecule has 0 aliphatic rings. The van der Waals surface area contributed by atoms with Crippen LogP contribution in [0.3, 0.4) is 0 Å². The summed E-state index contributed by atoms with van der Waals surface area (Å²) in [6, 6.07) is 8.28. The fourth-order valence-electron chi connectivity index (χ4n) is 2.32. The lowest BCUT2D eigenvalue weighted by Gasteiger charge is -2.15. The summed E-state index contributed by atoms with van der Waals surface area (Å²) >= 11 is 0. The average molecular weight is 341 g/mol. The predicted octanol–water partition coefficient (Wildman–Crippen LogP) is 2.38. The van der Waals surface area contributed by atoms with Crippen LogP contribution in [0.25, 0.3) is 11.4 Å². The molecule has 8 nitrogen and oxygen atoms in total. The molecule has 3 aromatic rings. The number of hydrogen-bond donors (Lipinski definition) is 1. The number of carbonyl (C=O) groups excluding carboxylic acids is 1. The Morgan fingerprint density at radius 2 is 2.16 bits per heavy atom. The maximum atomic E-state index is 12.3. The molecule has 1 amide bonds. The van der Waals surface area contributed by atoms with Crippen LogP contribution in [0.5, 0.6) is 5.75 Å². The normalized spacial score (nSPS) is 13.2. The second kappa shape index (κ2) is 7.16. The third kappa shape index (κ3) is 3.68. The third-order valence-electron chi connectivity index (χ3n) is 3.80. The van der Waals surface area contributed by atoms with Gasteiger partial charge < -0.3 is 14.6 Å². The fourth-order valence-corrected chi connectivity index (χ4v) is 2.32. The number of hydrogen-bond acceptors (Lipinski definition) is 6. The first-order chi connectivity index (χ1) is 12.1. The Morgan fingerprint density at radius 3 is 2.88 bits per heavy atom. The summed E-state index contributed by atoms with van der Waals surface area (Å²) < 4.78 is 12.1. The summed E-state index contributed by atoms with van der Waals surface area (Å²) in [5.74, 6) is 1.30. The van der Waals surface area contributed by atoms with Crippen molar-refractivity contribution >= 4 is 5.91 Å². The van der Waals surface area contributed by atoms with Crippen LogP contribution < -0.4 is 10.1 Å². The number of amides is 1. The number of nitrogens with zero attached hydrogens (tertiary/aromatic N) is 4. The molecule has 2 aromatic heterocycles. The van der Waals surface area contributed by atoms with Gasteiger partial charge in [-0.2, -0.15) is 10.1 Å². The lowest BCUT2D eigenvalue weighted by molar-refractivity contribution is -0.125. The van der Waals surface area contributed by atoms with Crippen LogP contribution in [0.2, 0.25) is 0 Å². The van der Waals surface area contributed by atoms with Crippen molar-refractivity contribution in [2.24, 2.45) is 0 Å². The monoisotopic (exact) mass is 341 g/mol. The summed E-state index contributed by atoms with van der Waals surface area (Å²) in [6.07, 6.45) is 3.37. The molecule has 3 rings (SSSR count). The first-order valence-electron chi connectivity index (χ1n) is 7.86. The standard InChI is InChI=1S/C17H19N5O3/c1-11(19-16(23)12(2)22-9-5-8-18-22)17-20-15(21-25-17)13-6-4-7-14(10-13)24-3/h4-12H,1-3H3,(H,19,23)/t11-,12-/m0/s1. The number of aromatic nitrogens is 4. The Morgan fingerprint density at radius 1 is 1.32 bits per heavy atom. The summed E-state index contributed by atoms with van der Waals surface area (Å²) in [5.41, 5.74) is 0.776. The molecule has 0 spiro atoms. The number of benzene rings is 1. The van der Waals surface area contributed by atoms with Crippen LogP contribution in [0.1, 0.15) is 31.8 Å². The molecule has 130 valence electrons. The second-order valence-electron chi connectivity index (χ2n) is 5.58. The van der Waals surface area contributed by atoms with E-state index in [2.05, 4.69) is 20.6 Å². The Hall–Kier alpha value is -3.16. The molecule has 0 saturated carbocycles. The van der Waals surface area contributed by atoms with Gasteiger partial charge in [0, 0.05) is 18.0 Å². The van der Waals surface area contributed by atoms with Gasteiger partial charge in [0.1, 0.15) is 17.8 Å². The summed E-state index contributed by atoms with van der Waals surface area (Å²) in [4.78, 5) is 16.7. The number of methoxy groups -OCH3 is 1. The molecule has 0 aliphatic carbocycles. The van der Waals surface area contributed by atoms with Crippen LogP contribution in [0, 0.1) is 0 Å². The van der Waals surface area contributed by atoms with Gasteiger partial charge in [-0.25, -0.2) is 0 Å². The number of ether oxygens (including phenoxy) is 1. The van der Waals surface area contributed by atoms with Gasteiger partial charge >= 0.3 is 0 Å². The van der Waals surface area contributed by atoms with E-state index in [9.17, 15) is 4.79 Å². The van der Waals surface area contributed by atoms with Gasteiger partial charge in [-0.3, -0.25) is 9.48 Å². The van der Waals surface area contributed by atoms with E-state index in [0.29, 0.717) is 17.5 Å². The third-order valence-corrected chi connectivity index (χ3v) is 3.80. The van der Waals surface area contributed by atoms with Crippen LogP contribution in [-0.4, -0.2) is 32.9 Å². The molecule has 8 heteroatoms. The van der Waals surface area contributed by atoms with Gasteiger partial charge in [-0.15, -0.1) is 0 Å². The van der Waals surface area contributed by atoms with Crippen molar-refractivity contribution in [2.75, 3.05) is 7.11 Å². The van der Waals surface area contributed by atoms with Crippen LogP contribution in [0.15, 0.2) is 47.2 Å². The maximum absolute atomic E-state index is 12.3. The van der Waals surface area contributed by atoms with Crippen molar-refractivity contribution < 1.29 is 14.1 Å². The summed E-state index contributed by atoms with van der Waals surface area (Å²) in [5, 5.41) is 10.9. The molecular weight excluding hydrogens is 322 g/mol. The van der Waals surface area contributed by atoms with E-state index in [0.717, 1.165) is 5.56 Å². The summed E-state index contributed by atoms with van der Waals surface area (Å²) in [7, 11) is 1.60. The van der Waals surface area contributed by atoms with Gasteiger partial charge in [-0.1, -0.05) is 17.3 Å². The smallest absolute Gasteiger partial charge is 0.249 e. The quantitative estimate of drug-likeness (QED) is 0.739. The second-order valence-corrected chi connectivity index (χ2v) is 5.58. The molecule has 0 bridgehead atoms. The summed E-state index contributed by atoms with van der Waals surface area (Å²) in [6.45, 7) is 3.56. The molecule has 0 radical (unpaired) electrons.